The van der Waals surface area contributed by atoms with Crippen LogP contribution < -0.4 is 10.6 Å². The van der Waals surface area contributed by atoms with Gasteiger partial charge in [0.15, 0.2) is 0 Å². The Hall–Kier alpha value is -1.30. The molecule has 3 N–H and O–H groups in total. The normalized spacial score (nSPS) is 26.1. The van der Waals surface area contributed by atoms with Gasteiger partial charge in [-0.25, -0.2) is 4.79 Å². The van der Waals surface area contributed by atoms with Gasteiger partial charge in [-0.05, 0) is 26.2 Å². The van der Waals surface area contributed by atoms with E-state index in [0.29, 0.717) is 0 Å². The molecule has 1 saturated carbocycles. The summed E-state index contributed by atoms with van der Waals surface area (Å²) in [5.74, 6) is -1.05. The Morgan fingerprint density at radius 1 is 1.44 bits per heavy atom. The molecule has 2 unspecified atom stereocenters. The lowest BCUT2D eigenvalue weighted by molar-refractivity contribution is -0.138. The fourth-order valence-corrected chi connectivity index (χ4v) is 1.84. The second-order valence-electron chi connectivity index (χ2n) is 3.99. The molecule has 6 heteroatoms. The monoisotopic (exact) mass is 230 g/mol. The van der Waals surface area contributed by atoms with Gasteiger partial charge in [-0.3, -0.25) is 4.79 Å². The van der Waals surface area contributed by atoms with Crippen molar-refractivity contribution in [2.24, 2.45) is 0 Å². The van der Waals surface area contributed by atoms with Crippen LogP contribution in [0, 0.1) is 0 Å². The third-order valence-corrected chi connectivity index (χ3v) is 2.79. The Balaban J connectivity index is 2.36. The van der Waals surface area contributed by atoms with E-state index in [9.17, 15) is 9.59 Å². The highest BCUT2D eigenvalue weighted by atomic mass is 16.5. The van der Waals surface area contributed by atoms with Crippen molar-refractivity contribution in [3.63, 3.8) is 0 Å². The summed E-state index contributed by atoms with van der Waals surface area (Å²) in [7, 11) is 1.61. The third-order valence-electron chi connectivity index (χ3n) is 2.79. The number of carboxylic acids is 1. The summed E-state index contributed by atoms with van der Waals surface area (Å²) in [6.07, 6.45) is 2.84. The number of ether oxygens (including phenoxy) is 1. The smallest absolute Gasteiger partial charge is 0.325 e. The van der Waals surface area contributed by atoms with E-state index >= 15 is 0 Å². The summed E-state index contributed by atoms with van der Waals surface area (Å²) in [6, 6.07) is -1.36. The van der Waals surface area contributed by atoms with Gasteiger partial charge in [-0.15, -0.1) is 0 Å². The molecule has 0 radical (unpaired) electrons. The lowest BCUT2D eigenvalue weighted by Crippen LogP contribution is -2.50. The molecule has 0 bridgehead atoms. The van der Waals surface area contributed by atoms with Crippen LogP contribution in [0.25, 0.3) is 0 Å². The number of hydrogen-bond donors (Lipinski definition) is 3. The molecule has 0 aromatic carbocycles. The summed E-state index contributed by atoms with van der Waals surface area (Å²) in [5, 5.41) is 13.7. The van der Waals surface area contributed by atoms with Crippen LogP contribution in [0.4, 0.5) is 4.79 Å². The summed E-state index contributed by atoms with van der Waals surface area (Å²) in [5.41, 5.74) is 0. The van der Waals surface area contributed by atoms with Crippen LogP contribution in [0.15, 0.2) is 0 Å². The van der Waals surface area contributed by atoms with Crippen molar-refractivity contribution < 1.29 is 19.4 Å². The predicted molar refractivity (Wildman–Crippen MR) is 57.2 cm³/mol. The van der Waals surface area contributed by atoms with Crippen molar-refractivity contribution in [1.29, 1.82) is 0 Å². The molecule has 0 aliphatic heterocycles. The summed E-state index contributed by atoms with van der Waals surface area (Å²) in [6.45, 7) is 1.42. The number of carboxylic acid groups (broad SMARTS) is 1. The number of hydrogen-bond acceptors (Lipinski definition) is 3. The minimum atomic E-state index is -1.05. The van der Waals surface area contributed by atoms with Gasteiger partial charge in [-0.2, -0.15) is 0 Å². The van der Waals surface area contributed by atoms with Gasteiger partial charge in [0.2, 0.25) is 0 Å². The molecule has 2 amide bonds. The topological polar surface area (TPSA) is 87.7 Å². The van der Waals surface area contributed by atoms with Gasteiger partial charge in [0.25, 0.3) is 0 Å². The molecule has 0 aromatic rings. The first-order chi connectivity index (χ1) is 7.54. The lowest BCUT2D eigenvalue weighted by Gasteiger charge is -2.20. The molecule has 16 heavy (non-hydrogen) atoms. The molecule has 6 nitrogen and oxygen atoms in total. The second-order valence-corrected chi connectivity index (χ2v) is 3.99. The Bertz CT molecular complexity index is 270. The fourth-order valence-electron chi connectivity index (χ4n) is 1.84. The second kappa shape index (κ2) is 5.69. The van der Waals surface area contributed by atoms with Crippen LogP contribution in [0.5, 0.6) is 0 Å². The average Bonchev–Trinajstić information content (AvgIpc) is 2.64. The first kappa shape index (κ1) is 12.8. The quantitative estimate of drug-likeness (QED) is 0.649. The third kappa shape index (κ3) is 3.37. The first-order valence-corrected chi connectivity index (χ1v) is 5.37. The highest BCUT2D eigenvalue weighted by Gasteiger charge is 2.28. The van der Waals surface area contributed by atoms with Gasteiger partial charge in [-0.1, -0.05) is 0 Å². The predicted octanol–water partition coefficient (Wildman–Crippen LogP) is 0.326. The van der Waals surface area contributed by atoms with E-state index in [0.717, 1.165) is 19.3 Å². The Labute approximate surface area is 94.3 Å². The van der Waals surface area contributed by atoms with Gasteiger partial charge < -0.3 is 20.5 Å². The molecular formula is C10H18N2O4. The minimum Gasteiger partial charge on any atom is -0.480 e. The molecule has 0 saturated heterocycles. The zero-order valence-electron chi connectivity index (χ0n) is 9.53. The van der Waals surface area contributed by atoms with E-state index in [4.69, 9.17) is 9.84 Å². The summed E-state index contributed by atoms with van der Waals surface area (Å²) >= 11 is 0. The maximum Gasteiger partial charge on any atom is 0.325 e. The lowest BCUT2D eigenvalue weighted by atomic mass is 10.2. The van der Waals surface area contributed by atoms with Gasteiger partial charge in [0, 0.05) is 7.11 Å². The standard InChI is InChI=1S/C10H18N2O4/c1-6(9(13)14)11-10(15)12-7-4-3-5-8(7)16-2/h6-8H,3-5H2,1-2H3,(H,13,14)(H2,11,12,15)/t6-,7?,8?/m1/s1. The van der Waals surface area contributed by atoms with E-state index in [2.05, 4.69) is 10.6 Å². The van der Waals surface area contributed by atoms with E-state index in [1.165, 1.54) is 6.92 Å². The molecule has 0 heterocycles. The highest BCUT2D eigenvalue weighted by molar-refractivity contribution is 5.82. The van der Waals surface area contributed by atoms with E-state index in [-0.39, 0.29) is 12.1 Å². The Kier molecular flexibility index (Phi) is 4.54. The van der Waals surface area contributed by atoms with Crippen LogP contribution in [-0.4, -0.2) is 42.4 Å². The highest BCUT2D eigenvalue weighted by Crippen LogP contribution is 2.21. The number of urea groups is 1. The molecule has 1 fully saturated rings. The molecular weight excluding hydrogens is 212 g/mol. The number of carbonyl (C=O) groups excluding carboxylic acids is 1. The minimum absolute atomic E-state index is 0.0222. The first-order valence-electron chi connectivity index (χ1n) is 5.37. The molecule has 92 valence electrons. The van der Waals surface area contributed by atoms with E-state index in [1.54, 1.807) is 7.11 Å². The van der Waals surface area contributed by atoms with Crippen LogP contribution in [0.3, 0.4) is 0 Å². The van der Waals surface area contributed by atoms with Crippen molar-refractivity contribution in [3.8, 4) is 0 Å². The molecule has 0 spiro atoms. The number of rotatable bonds is 4. The van der Waals surface area contributed by atoms with Crippen LogP contribution >= 0.6 is 0 Å². The van der Waals surface area contributed by atoms with Crippen molar-refractivity contribution in [1.82, 2.24) is 10.6 Å². The molecule has 3 atom stereocenters. The molecule has 1 aliphatic carbocycles. The van der Waals surface area contributed by atoms with Crippen molar-refractivity contribution >= 4 is 12.0 Å². The van der Waals surface area contributed by atoms with Crippen LogP contribution in [-0.2, 0) is 9.53 Å². The van der Waals surface area contributed by atoms with Gasteiger partial charge >= 0.3 is 12.0 Å². The van der Waals surface area contributed by atoms with Crippen LogP contribution in [0.1, 0.15) is 26.2 Å². The maximum absolute atomic E-state index is 11.4. The van der Waals surface area contributed by atoms with E-state index < -0.39 is 18.0 Å². The van der Waals surface area contributed by atoms with Crippen molar-refractivity contribution in [2.75, 3.05) is 7.11 Å². The summed E-state index contributed by atoms with van der Waals surface area (Å²) in [4.78, 5) is 22.0. The largest absolute Gasteiger partial charge is 0.480 e. The number of nitrogens with one attached hydrogen (secondary N) is 2. The number of methoxy groups -OCH3 is 1. The Morgan fingerprint density at radius 3 is 2.69 bits per heavy atom. The average molecular weight is 230 g/mol. The molecule has 1 rings (SSSR count). The Morgan fingerprint density at radius 2 is 2.12 bits per heavy atom. The van der Waals surface area contributed by atoms with Gasteiger partial charge in [0.1, 0.15) is 6.04 Å². The zero-order valence-corrected chi connectivity index (χ0v) is 9.53. The molecule has 1 aliphatic rings. The number of aliphatic carboxylic acids is 1. The SMILES string of the molecule is COC1CCCC1NC(=O)N[C@H](C)C(=O)O. The van der Waals surface area contributed by atoms with Crippen LogP contribution in [0.2, 0.25) is 0 Å². The fraction of sp³-hybridized carbons (Fsp3) is 0.800. The van der Waals surface area contributed by atoms with E-state index in [1.807, 2.05) is 0 Å². The van der Waals surface area contributed by atoms with Gasteiger partial charge in [0.05, 0.1) is 12.1 Å². The number of carbonyl (C=O) groups is 2. The molecule has 0 aromatic heterocycles. The number of amides is 2. The van der Waals surface area contributed by atoms with Crippen molar-refractivity contribution in [3.05, 3.63) is 0 Å². The van der Waals surface area contributed by atoms with Crippen molar-refractivity contribution in [2.45, 2.75) is 44.4 Å². The summed E-state index contributed by atoms with van der Waals surface area (Å²) < 4.78 is 5.22. The zero-order chi connectivity index (χ0) is 12.1. The maximum atomic E-state index is 11.4.